The third kappa shape index (κ3) is 2.50. The zero-order valence-corrected chi connectivity index (χ0v) is 9.33. The van der Waals surface area contributed by atoms with Crippen molar-refractivity contribution in [1.29, 1.82) is 0 Å². The first-order valence-corrected chi connectivity index (χ1v) is 5.16. The van der Waals surface area contributed by atoms with Crippen LogP contribution in [0.2, 0.25) is 0 Å². The molecule has 1 heterocycles. The lowest BCUT2D eigenvalue weighted by atomic mass is 10.1. The second-order valence-corrected chi connectivity index (χ2v) is 3.82. The summed E-state index contributed by atoms with van der Waals surface area (Å²) in [6, 6.07) is 6.02. The molecule has 0 atom stereocenters. The summed E-state index contributed by atoms with van der Waals surface area (Å²) in [4.78, 5) is 18.1. The van der Waals surface area contributed by atoms with E-state index in [0.717, 1.165) is 5.56 Å². The van der Waals surface area contributed by atoms with E-state index in [-0.39, 0.29) is 17.3 Å². The van der Waals surface area contributed by atoms with Gasteiger partial charge in [-0.25, -0.2) is 9.37 Å². The van der Waals surface area contributed by atoms with Crippen LogP contribution in [0, 0.1) is 12.7 Å². The van der Waals surface area contributed by atoms with Crippen molar-refractivity contribution < 1.29 is 4.39 Å². The van der Waals surface area contributed by atoms with Gasteiger partial charge in [0.15, 0.2) is 0 Å². The molecule has 0 radical (unpaired) electrons. The number of hydrogen-bond acceptors (Lipinski definition) is 3. The summed E-state index contributed by atoms with van der Waals surface area (Å²) in [6.07, 6.45) is 0.411. The maximum absolute atomic E-state index is 12.7. The molecule has 2 aromatic rings. The molecule has 0 aliphatic carbocycles. The molecule has 17 heavy (non-hydrogen) atoms. The third-order valence-corrected chi connectivity index (χ3v) is 2.53. The Morgan fingerprint density at radius 2 is 2.00 bits per heavy atom. The van der Waals surface area contributed by atoms with Gasteiger partial charge in [0.2, 0.25) is 5.95 Å². The number of benzene rings is 1. The van der Waals surface area contributed by atoms with E-state index in [4.69, 9.17) is 5.73 Å². The molecule has 1 aromatic heterocycles. The van der Waals surface area contributed by atoms with Gasteiger partial charge in [0.25, 0.3) is 5.56 Å². The van der Waals surface area contributed by atoms with E-state index in [1.165, 1.54) is 12.1 Å². The first-order chi connectivity index (χ1) is 8.06. The summed E-state index contributed by atoms with van der Waals surface area (Å²) in [5.74, 6) is -0.190. The second kappa shape index (κ2) is 4.37. The molecular weight excluding hydrogens is 221 g/mol. The van der Waals surface area contributed by atoms with Crippen LogP contribution in [0.4, 0.5) is 10.3 Å². The summed E-state index contributed by atoms with van der Waals surface area (Å²) in [5, 5.41) is 0. The van der Waals surface area contributed by atoms with Gasteiger partial charge in [-0.2, -0.15) is 0 Å². The fraction of sp³-hybridized carbons (Fsp3) is 0.167. The molecule has 0 spiro atoms. The number of aromatic amines is 1. The Morgan fingerprint density at radius 3 is 2.59 bits per heavy atom. The zero-order valence-electron chi connectivity index (χ0n) is 9.33. The number of hydrogen-bond donors (Lipinski definition) is 2. The molecule has 5 heteroatoms. The van der Waals surface area contributed by atoms with E-state index in [9.17, 15) is 9.18 Å². The molecule has 0 unspecified atom stereocenters. The maximum Gasteiger partial charge on any atom is 0.256 e. The molecule has 0 aliphatic rings. The zero-order chi connectivity index (χ0) is 12.4. The molecule has 0 saturated heterocycles. The molecule has 0 saturated carbocycles. The van der Waals surface area contributed by atoms with E-state index in [1.54, 1.807) is 19.1 Å². The smallest absolute Gasteiger partial charge is 0.256 e. The fourth-order valence-electron chi connectivity index (χ4n) is 1.65. The number of aromatic nitrogens is 2. The Hall–Kier alpha value is -2.17. The molecule has 3 N–H and O–H groups in total. The van der Waals surface area contributed by atoms with Gasteiger partial charge in [-0.05, 0) is 24.6 Å². The predicted molar refractivity (Wildman–Crippen MR) is 63.2 cm³/mol. The van der Waals surface area contributed by atoms with Crippen LogP contribution in [0.15, 0.2) is 29.1 Å². The Labute approximate surface area is 97.3 Å². The van der Waals surface area contributed by atoms with Crippen LogP contribution < -0.4 is 11.3 Å². The van der Waals surface area contributed by atoms with Crippen molar-refractivity contribution in [1.82, 2.24) is 9.97 Å². The first kappa shape index (κ1) is 11.3. The quantitative estimate of drug-likeness (QED) is 0.823. The number of rotatable bonds is 2. The van der Waals surface area contributed by atoms with Crippen molar-refractivity contribution in [3.05, 3.63) is 57.3 Å². The Morgan fingerprint density at radius 1 is 1.35 bits per heavy atom. The van der Waals surface area contributed by atoms with E-state index >= 15 is 0 Å². The molecule has 4 nitrogen and oxygen atoms in total. The normalized spacial score (nSPS) is 10.5. The summed E-state index contributed by atoms with van der Waals surface area (Å²) < 4.78 is 12.7. The van der Waals surface area contributed by atoms with E-state index in [1.807, 2.05) is 0 Å². The minimum Gasteiger partial charge on any atom is -0.369 e. The maximum atomic E-state index is 12.7. The van der Waals surface area contributed by atoms with Crippen LogP contribution in [-0.4, -0.2) is 9.97 Å². The topological polar surface area (TPSA) is 71.8 Å². The average Bonchev–Trinajstić information content (AvgIpc) is 2.26. The van der Waals surface area contributed by atoms with Crippen LogP contribution in [0.1, 0.15) is 16.8 Å². The number of nitrogens with one attached hydrogen (secondary N) is 1. The van der Waals surface area contributed by atoms with Crippen molar-refractivity contribution in [2.24, 2.45) is 0 Å². The highest BCUT2D eigenvalue weighted by Crippen LogP contribution is 2.10. The fourth-order valence-corrected chi connectivity index (χ4v) is 1.65. The lowest BCUT2D eigenvalue weighted by Gasteiger charge is -2.05. The number of halogens is 1. The summed E-state index contributed by atoms with van der Waals surface area (Å²) in [6.45, 7) is 1.73. The van der Waals surface area contributed by atoms with Crippen molar-refractivity contribution in [2.45, 2.75) is 13.3 Å². The number of nitrogen functional groups attached to an aromatic ring is 1. The Kier molecular flexibility index (Phi) is 2.91. The van der Waals surface area contributed by atoms with Crippen LogP contribution >= 0.6 is 0 Å². The van der Waals surface area contributed by atoms with Crippen LogP contribution in [0.3, 0.4) is 0 Å². The molecule has 0 amide bonds. The highest BCUT2D eigenvalue weighted by atomic mass is 19.1. The molecule has 0 aliphatic heterocycles. The largest absolute Gasteiger partial charge is 0.369 e. The van der Waals surface area contributed by atoms with Crippen molar-refractivity contribution in [3.8, 4) is 0 Å². The monoisotopic (exact) mass is 233 g/mol. The SMILES string of the molecule is Cc1nc(N)[nH]c(=O)c1Cc1ccc(F)cc1. The number of aryl methyl sites for hydroxylation is 1. The minimum atomic E-state index is -0.296. The Bertz CT molecular complexity index is 590. The average molecular weight is 233 g/mol. The molecule has 0 bridgehead atoms. The van der Waals surface area contributed by atoms with Crippen LogP contribution in [-0.2, 0) is 6.42 Å². The standard InChI is InChI=1S/C12H12FN3O/c1-7-10(11(17)16-12(14)15-7)6-8-2-4-9(13)5-3-8/h2-5H,6H2,1H3,(H3,14,15,16,17). The van der Waals surface area contributed by atoms with Crippen LogP contribution in [0.25, 0.3) is 0 Å². The summed E-state index contributed by atoms with van der Waals surface area (Å²) in [7, 11) is 0. The number of nitrogens with two attached hydrogens (primary N) is 1. The number of anilines is 1. The highest BCUT2D eigenvalue weighted by Gasteiger charge is 2.07. The number of H-pyrrole nitrogens is 1. The molecule has 0 fully saturated rings. The van der Waals surface area contributed by atoms with Gasteiger partial charge in [0.1, 0.15) is 5.82 Å². The van der Waals surface area contributed by atoms with Gasteiger partial charge in [-0.15, -0.1) is 0 Å². The second-order valence-electron chi connectivity index (χ2n) is 3.82. The van der Waals surface area contributed by atoms with Gasteiger partial charge in [0, 0.05) is 12.0 Å². The van der Waals surface area contributed by atoms with Crippen molar-refractivity contribution in [2.75, 3.05) is 5.73 Å². The van der Waals surface area contributed by atoms with E-state index < -0.39 is 0 Å². The summed E-state index contributed by atoms with van der Waals surface area (Å²) >= 11 is 0. The van der Waals surface area contributed by atoms with Gasteiger partial charge in [-0.3, -0.25) is 9.78 Å². The molecule has 1 aromatic carbocycles. The molecule has 2 rings (SSSR count). The molecular formula is C12H12FN3O. The summed E-state index contributed by atoms with van der Waals surface area (Å²) in [5.41, 5.74) is 7.17. The minimum absolute atomic E-state index is 0.107. The van der Waals surface area contributed by atoms with Gasteiger partial charge >= 0.3 is 0 Å². The predicted octanol–water partition coefficient (Wildman–Crippen LogP) is 1.39. The van der Waals surface area contributed by atoms with Gasteiger partial charge < -0.3 is 5.73 Å². The Balaban J connectivity index is 2.36. The van der Waals surface area contributed by atoms with E-state index in [2.05, 4.69) is 9.97 Å². The number of nitrogens with zero attached hydrogens (tertiary/aromatic N) is 1. The lowest BCUT2D eigenvalue weighted by Crippen LogP contribution is -2.18. The molecule has 88 valence electrons. The lowest BCUT2D eigenvalue weighted by molar-refractivity contribution is 0.627. The highest BCUT2D eigenvalue weighted by molar-refractivity contribution is 5.30. The third-order valence-electron chi connectivity index (χ3n) is 2.53. The van der Waals surface area contributed by atoms with Gasteiger partial charge in [0.05, 0.1) is 5.69 Å². The van der Waals surface area contributed by atoms with Crippen LogP contribution in [0.5, 0.6) is 0 Å². The van der Waals surface area contributed by atoms with Crippen molar-refractivity contribution >= 4 is 5.95 Å². The van der Waals surface area contributed by atoms with E-state index in [0.29, 0.717) is 17.7 Å². The van der Waals surface area contributed by atoms with Crippen molar-refractivity contribution in [3.63, 3.8) is 0 Å². The first-order valence-electron chi connectivity index (χ1n) is 5.16. The van der Waals surface area contributed by atoms with Gasteiger partial charge in [-0.1, -0.05) is 12.1 Å².